The molecule has 0 saturated heterocycles. The second kappa shape index (κ2) is 7.75. The van der Waals surface area contributed by atoms with Gasteiger partial charge in [-0.25, -0.2) is 0 Å². The SMILES string of the molecule is CCCC(C)COc1ccccc1C(CC)=NO. The summed E-state index contributed by atoms with van der Waals surface area (Å²) in [5.74, 6) is 1.34. The lowest BCUT2D eigenvalue weighted by Gasteiger charge is -2.15. The molecule has 1 atom stereocenters. The first-order valence-electron chi connectivity index (χ1n) is 6.66. The van der Waals surface area contributed by atoms with Crippen LogP contribution in [-0.2, 0) is 0 Å². The summed E-state index contributed by atoms with van der Waals surface area (Å²) in [6, 6.07) is 7.72. The summed E-state index contributed by atoms with van der Waals surface area (Å²) in [6.45, 7) is 7.03. The molecule has 0 spiro atoms. The molecule has 0 amide bonds. The molecule has 0 bridgehead atoms. The van der Waals surface area contributed by atoms with Crippen molar-refractivity contribution in [3.63, 3.8) is 0 Å². The Hall–Kier alpha value is -1.51. The van der Waals surface area contributed by atoms with Crippen LogP contribution in [0.1, 0.15) is 45.6 Å². The number of rotatable bonds is 7. The van der Waals surface area contributed by atoms with Crippen molar-refractivity contribution in [1.82, 2.24) is 0 Å². The van der Waals surface area contributed by atoms with Crippen LogP contribution in [0.3, 0.4) is 0 Å². The lowest BCUT2D eigenvalue weighted by Crippen LogP contribution is -2.11. The number of benzene rings is 1. The van der Waals surface area contributed by atoms with Crippen LogP contribution in [0, 0.1) is 5.92 Å². The summed E-state index contributed by atoms with van der Waals surface area (Å²) < 4.78 is 5.84. The van der Waals surface area contributed by atoms with Gasteiger partial charge in [-0.1, -0.05) is 44.5 Å². The van der Waals surface area contributed by atoms with Crippen molar-refractivity contribution >= 4 is 5.71 Å². The van der Waals surface area contributed by atoms with Crippen molar-refractivity contribution in [2.75, 3.05) is 6.61 Å². The summed E-state index contributed by atoms with van der Waals surface area (Å²) in [6.07, 6.45) is 3.02. The normalized spacial score (nSPS) is 13.4. The molecule has 0 aliphatic heterocycles. The van der Waals surface area contributed by atoms with Gasteiger partial charge in [0.2, 0.25) is 0 Å². The lowest BCUT2D eigenvalue weighted by atomic mass is 10.1. The number of oxime groups is 1. The van der Waals surface area contributed by atoms with E-state index < -0.39 is 0 Å². The number of hydrogen-bond acceptors (Lipinski definition) is 3. The van der Waals surface area contributed by atoms with Crippen molar-refractivity contribution in [3.8, 4) is 5.75 Å². The lowest BCUT2D eigenvalue weighted by molar-refractivity contribution is 0.251. The summed E-state index contributed by atoms with van der Waals surface area (Å²) in [5.41, 5.74) is 1.54. The van der Waals surface area contributed by atoms with Gasteiger partial charge in [-0.3, -0.25) is 0 Å². The van der Waals surface area contributed by atoms with Crippen LogP contribution in [-0.4, -0.2) is 17.5 Å². The predicted octanol–water partition coefficient (Wildman–Crippen LogP) is 4.09. The maximum atomic E-state index is 9.00. The standard InChI is InChI=1S/C15H23NO2/c1-4-8-12(3)11-18-15-10-7-6-9-13(15)14(5-2)16-17/h6-7,9-10,12,17H,4-5,8,11H2,1-3H3. The van der Waals surface area contributed by atoms with E-state index in [1.807, 2.05) is 31.2 Å². The van der Waals surface area contributed by atoms with E-state index in [-0.39, 0.29) is 0 Å². The molecule has 1 N–H and O–H groups in total. The molecule has 0 heterocycles. The van der Waals surface area contributed by atoms with E-state index in [9.17, 15) is 0 Å². The van der Waals surface area contributed by atoms with Crippen LogP contribution in [0.2, 0.25) is 0 Å². The summed E-state index contributed by atoms with van der Waals surface area (Å²) in [4.78, 5) is 0. The Morgan fingerprint density at radius 2 is 2.06 bits per heavy atom. The molecule has 3 nitrogen and oxygen atoms in total. The molecule has 0 saturated carbocycles. The second-order valence-electron chi connectivity index (χ2n) is 4.60. The van der Waals surface area contributed by atoms with E-state index in [1.54, 1.807) is 0 Å². The Kier molecular flexibility index (Phi) is 6.26. The molecule has 0 aromatic heterocycles. The van der Waals surface area contributed by atoms with Crippen LogP contribution in [0.15, 0.2) is 29.4 Å². The van der Waals surface area contributed by atoms with E-state index in [0.717, 1.165) is 17.7 Å². The first-order chi connectivity index (χ1) is 8.72. The van der Waals surface area contributed by atoms with Crippen molar-refractivity contribution in [2.45, 2.75) is 40.0 Å². The van der Waals surface area contributed by atoms with E-state index in [2.05, 4.69) is 19.0 Å². The van der Waals surface area contributed by atoms with Gasteiger partial charge in [-0.15, -0.1) is 0 Å². The fraction of sp³-hybridized carbons (Fsp3) is 0.533. The van der Waals surface area contributed by atoms with Crippen LogP contribution < -0.4 is 4.74 Å². The molecule has 0 radical (unpaired) electrons. The minimum atomic E-state index is 0.541. The molecule has 0 aliphatic rings. The average Bonchev–Trinajstić information content (AvgIpc) is 2.39. The Morgan fingerprint density at radius 3 is 2.67 bits per heavy atom. The maximum absolute atomic E-state index is 9.00. The molecule has 1 aromatic rings. The third-order valence-electron chi connectivity index (χ3n) is 2.96. The minimum absolute atomic E-state index is 0.541. The monoisotopic (exact) mass is 249 g/mol. The third kappa shape index (κ3) is 4.06. The highest BCUT2D eigenvalue weighted by atomic mass is 16.5. The maximum Gasteiger partial charge on any atom is 0.128 e. The molecular formula is C15H23NO2. The summed E-state index contributed by atoms with van der Waals surface area (Å²) in [7, 11) is 0. The third-order valence-corrected chi connectivity index (χ3v) is 2.96. The largest absolute Gasteiger partial charge is 0.493 e. The van der Waals surface area contributed by atoms with Gasteiger partial charge in [-0.05, 0) is 30.9 Å². The van der Waals surface area contributed by atoms with Gasteiger partial charge in [0.15, 0.2) is 0 Å². The van der Waals surface area contributed by atoms with E-state index >= 15 is 0 Å². The average molecular weight is 249 g/mol. The van der Waals surface area contributed by atoms with Gasteiger partial charge in [0.25, 0.3) is 0 Å². The van der Waals surface area contributed by atoms with Crippen molar-refractivity contribution in [3.05, 3.63) is 29.8 Å². The zero-order chi connectivity index (χ0) is 13.4. The molecule has 1 aromatic carbocycles. The summed E-state index contributed by atoms with van der Waals surface area (Å²) in [5, 5.41) is 12.3. The Bertz CT molecular complexity index is 388. The fourth-order valence-electron chi connectivity index (χ4n) is 1.95. The fourth-order valence-corrected chi connectivity index (χ4v) is 1.95. The highest BCUT2D eigenvalue weighted by Gasteiger charge is 2.10. The smallest absolute Gasteiger partial charge is 0.128 e. The second-order valence-corrected chi connectivity index (χ2v) is 4.60. The molecule has 100 valence electrons. The first kappa shape index (κ1) is 14.6. The van der Waals surface area contributed by atoms with Crippen molar-refractivity contribution < 1.29 is 9.94 Å². The molecule has 3 heteroatoms. The van der Waals surface area contributed by atoms with Crippen LogP contribution >= 0.6 is 0 Å². The van der Waals surface area contributed by atoms with E-state index in [0.29, 0.717) is 24.7 Å². The van der Waals surface area contributed by atoms with E-state index in [4.69, 9.17) is 9.94 Å². The van der Waals surface area contributed by atoms with E-state index in [1.165, 1.54) is 6.42 Å². The topological polar surface area (TPSA) is 41.8 Å². The summed E-state index contributed by atoms with van der Waals surface area (Å²) >= 11 is 0. The Balaban J connectivity index is 2.76. The van der Waals surface area contributed by atoms with Gasteiger partial charge in [0, 0.05) is 5.56 Å². The van der Waals surface area contributed by atoms with Gasteiger partial charge in [0.05, 0.1) is 12.3 Å². The molecule has 0 aliphatic carbocycles. The number of hydrogen-bond donors (Lipinski definition) is 1. The quantitative estimate of drug-likeness (QED) is 0.449. The molecule has 0 fully saturated rings. The van der Waals surface area contributed by atoms with Crippen LogP contribution in [0.5, 0.6) is 5.75 Å². The van der Waals surface area contributed by atoms with Gasteiger partial charge in [0.1, 0.15) is 5.75 Å². The molecular weight excluding hydrogens is 226 g/mol. The molecule has 1 rings (SSSR count). The highest BCUT2D eigenvalue weighted by Crippen LogP contribution is 2.21. The van der Waals surface area contributed by atoms with Crippen LogP contribution in [0.4, 0.5) is 0 Å². The van der Waals surface area contributed by atoms with Crippen molar-refractivity contribution in [1.29, 1.82) is 0 Å². The van der Waals surface area contributed by atoms with Gasteiger partial charge >= 0.3 is 0 Å². The molecule has 1 unspecified atom stereocenters. The Labute approximate surface area is 109 Å². The first-order valence-corrected chi connectivity index (χ1v) is 6.66. The predicted molar refractivity (Wildman–Crippen MR) is 74.6 cm³/mol. The Morgan fingerprint density at radius 1 is 1.33 bits per heavy atom. The molecule has 18 heavy (non-hydrogen) atoms. The zero-order valence-electron chi connectivity index (χ0n) is 11.5. The van der Waals surface area contributed by atoms with Crippen LogP contribution in [0.25, 0.3) is 0 Å². The minimum Gasteiger partial charge on any atom is -0.493 e. The number of nitrogens with zero attached hydrogens (tertiary/aromatic N) is 1. The number of ether oxygens (including phenoxy) is 1. The van der Waals surface area contributed by atoms with Crippen molar-refractivity contribution in [2.24, 2.45) is 11.1 Å². The van der Waals surface area contributed by atoms with Gasteiger partial charge < -0.3 is 9.94 Å². The zero-order valence-corrected chi connectivity index (χ0v) is 11.5. The van der Waals surface area contributed by atoms with Gasteiger partial charge in [-0.2, -0.15) is 0 Å². The number of para-hydroxylation sites is 1. The highest BCUT2D eigenvalue weighted by molar-refractivity contribution is 6.02.